The lowest BCUT2D eigenvalue weighted by atomic mass is 10.2. The molecule has 9 heteroatoms. The fraction of sp³-hybridized carbons (Fsp3) is 0.111. The Balaban J connectivity index is 1.69. The molecule has 0 fully saturated rings. The molecule has 0 amide bonds. The Hall–Kier alpha value is -2.26. The van der Waals surface area contributed by atoms with Crippen LogP contribution in [0.2, 0.25) is 5.02 Å². The molecule has 0 saturated heterocycles. The van der Waals surface area contributed by atoms with Gasteiger partial charge in [-0.1, -0.05) is 35.9 Å². The van der Waals surface area contributed by atoms with Gasteiger partial charge in [0.15, 0.2) is 0 Å². The number of aromatic nitrogens is 1. The van der Waals surface area contributed by atoms with Crippen molar-refractivity contribution in [1.29, 1.82) is 0 Å². The largest absolute Gasteiger partial charge is 0.253 e. The van der Waals surface area contributed by atoms with E-state index in [1.807, 2.05) is 17.5 Å². The molecule has 0 aliphatic carbocycles. The lowest BCUT2D eigenvalue weighted by Gasteiger charge is -2.11. The Bertz CT molecular complexity index is 1040. The fourth-order valence-corrected chi connectivity index (χ4v) is 3.87. The molecule has 3 rings (SSSR count). The van der Waals surface area contributed by atoms with Gasteiger partial charge in [-0.2, -0.15) is 5.10 Å². The van der Waals surface area contributed by atoms with Crippen LogP contribution in [0.15, 0.2) is 63.9 Å². The highest BCUT2D eigenvalue weighted by atomic mass is 35.5. The minimum absolute atomic E-state index is 0.248. The highest BCUT2D eigenvalue weighted by Gasteiger charge is 2.17. The molecule has 0 bridgehead atoms. The molecule has 1 N–H and O–H groups in total. The molecule has 1 aromatic heterocycles. The Morgan fingerprint density at radius 3 is 2.41 bits per heavy atom. The Morgan fingerprint density at radius 2 is 1.78 bits per heavy atom. The third kappa shape index (κ3) is 4.72. The first-order valence-electron chi connectivity index (χ1n) is 7.89. The second-order valence-electron chi connectivity index (χ2n) is 5.77. The van der Waals surface area contributed by atoms with E-state index in [0.29, 0.717) is 10.2 Å². The number of benzene rings is 2. The molecule has 6 nitrogen and oxygen atoms in total. The zero-order valence-corrected chi connectivity index (χ0v) is 17.0. The molecule has 1 heterocycles. The number of nitrogens with one attached hydrogen (secondary N) is 1. The van der Waals surface area contributed by atoms with Crippen molar-refractivity contribution < 1.29 is 8.42 Å². The third-order valence-corrected chi connectivity index (χ3v) is 6.50. The molecule has 2 aromatic carbocycles. The first kappa shape index (κ1) is 19.5. The normalized spacial score (nSPS) is 12.0. The van der Waals surface area contributed by atoms with Crippen molar-refractivity contribution in [3.05, 3.63) is 64.5 Å². The quantitative estimate of drug-likeness (QED) is 0.480. The van der Waals surface area contributed by atoms with Gasteiger partial charge in [-0.3, -0.25) is 5.43 Å². The van der Waals surface area contributed by atoms with Crippen molar-refractivity contribution >= 4 is 44.3 Å². The summed E-state index contributed by atoms with van der Waals surface area (Å²) in [6.45, 7) is 0. The van der Waals surface area contributed by atoms with E-state index in [9.17, 15) is 8.42 Å². The van der Waals surface area contributed by atoms with Crippen molar-refractivity contribution in [3.8, 4) is 11.3 Å². The average molecular weight is 421 g/mol. The number of hydrazone groups is 1. The molecular formula is C18H17ClN4O2S2. The number of nitrogens with zero attached hydrogens (tertiary/aromatic N) is 3. The van der Waals surface area contributed by atoms with Crippen LogP contribution >= 0.6 is 22.9 Å². The predicted molar refractivity (Wildman–Crippen MR) is 111 cm³/mol. The van der Waals surface area contributed by atoms with Gasteiger partial charge in [-0.05, 0) is 29.8 Å². The standard InChI is InChI=1S/C18H17ClN4O2S2/c1-23(2)27(24,25)16-9-5-14(6-10-16)17-12-26-18(21-17)22-20-11-13-3-7-15(19)8-4-13/h3-12H,1-2H3,(H,21,22)/b20-11+. The maximum atomic E-state index is 12.1. The summed E-state index contributed by atoms with van der Waals surface area (Å²) in [5.41, 5.74) is 5.39. The SMILES string of the molecule is CN(C)S(=O)(=O)c1ccc(-c2csc(N/N=C/c3ccc(Cl)cc3)n2)cc1. The summed E-state index contributed by atoms with van der Waals surface area (Å²) in [6, 6.07) is 14.0. The van der Waals surface area contributed by atoms with Gasteiger partial charge in [0, 0.05) is 30.1 Å². The van der Waals surface area contributed by atoms with Crippen LogP contribution in [-0.4, -0.2) is 38.0 Å². The lowest BCUT2D eigenvalue weighted by Crippen LogP contribution is -2.22. The maximum Gasteiger partial charge on any atom is 0.242 e. The van der Waals surface area contributed by atoms with Crippen LogP contribution in [0, 0.1) is 0 Å². The minimum atomic E-state index is -3.44. The third-order valence-electron chi connectivity index (χ3n) is 3.68. The van der Waals surface area contributed by atoms with E-state index in [4.69, 9.17) is 11.6 Å². The second kappa shape index (κ2) is 8.18. The minimum Gasteiger partial charge on any atom is -0.253 e. The number of thiazole rings is 1. The van der Waals surface area contributed by atoms with Crippen molar-refractivity contribution in [1.82, 2.24) is 9.29 Å². The van der Waals surface area contributed by atoms with E-state index >= 15 is 0 Å². The van der Waals surface area contributed by atoms with Crippen LogP contribution in [0.4, 0.5) is 5.13 Å². The van der Waals surface area contributed by atoms with Crippen LogP contribution in [-0.2, 0) is 10.0 Å². The van der Waals surface area contributed by atoms with E-state index < -0.39 is 10.0 Å². The van der Waals surface area contributed by atoms with Crippen LogP contribution < -0.4 is 5.43 Å². The van der Waals surface area contributed by atoms with Gasteiger partial charge < -0.3 is 0 Å². The molecule has 0 spiro atoms. The van der Waals surface area contributed by atoms with Gasteiger partial charge in [-0.25, -0.2) is 17.7 Å². The van der Waals surface area contributed by atoms with Gasteiger partial charge in [0.25, 0.3) is 0 Å². The van der Waals surface area contributed by atoms with E-state index in [0.717, 1.165) is 16.8 Å². The molecule has 0 unspecified atom stereocenters. The molecule has 27 heavy (non-hydrogen) atoms. The summed E-state index contributed by atoms with van der Waals surface area (Å²) in [5.74, 6) is 0. The highest BCUT2D eigenvalue weighted by molar-refractivity contribution is 7.89. The first-order valence-corrected chi connectivity index (χ1v) is 10.6. The molecule has 3 aromatic rings. The number of sulfonamides is 1. The monoisotopic (exact) mass is 420 g/mol. The topological polar surface area (TPSA) is 74.7 Å². The van der Waals surface area contributed by atoms with E-state index in [2.05, 4.69) is 15.5 Å². The van der Waals surface area contributed by atoms with Gasteiger partial charge in [0.2, 0.25) is 15.2 Å². The molecule has 0 saturated carbocycles. The Labute approximate surface area is 167 Å². The van der Waals surface area contributed by atoms with Crippen molar-refractivity contribution in [3.63, 3.8) is 0 Å². The molecule has 0 radical (unpaired) electrons. The summed E-state index contributed by atoms with van der Waals surface area (Å²) >= 11 is 7.26. The number of hydrogen-bond donors (Lipinski definition) is 1. The van der Waals surface area contributed by atoms with Crippen molar-refractivity contribution in [2.45, 2.75) is 4.90 Å². The van der Waals surface area contributed by atoms with Crippen molar-refractivity contribution in [2.75, 3.05) is 19.5 Å². The highest BCUT2D eigenvalue weighted by Crippen LogP contribution is 2.26. The molecule has 140 valence electrons. The van der Waals surface area contributed by atoms with Crippen LogP contribution in [0.1, 0.15) is 5.56 Å². The van der Waals surface area contributed by atoms with E-state index in [-0.39, 0.29) is 4.90 Å². The van der Waals surface area contributed by atoms with Crippen LogP contribution in [0.25, 0.3) is 11.3 Å². The van der Waals surface area contributed by atoms with E-state index in [1.165, 1.54) is 29.7 Å². The van der Waals surface area contributed by atoms with Crippen LogP contribution in [0.3, 0.4) is 0 Å². The van der Waals surface area contributed by atoms with E-state index in [1.54, 1.807) is 42.6 Å². The van der Waals surface area contributed by atoms with Crippen LogP contribution in [0.5, 0.6) is 0 Å². The molecule has 0 aliphatic rings. The number of halogens is 1. The second-order valence-corrected chi connectivity index (χ2v) is 9.22. The lowest BCUT2D eigenvalue weighted by molar-refractivity contribution is 0.521. The molecular weight excluding hydrogens is 404 g/mol. The molecule has 0 atom stereocenters. The summed E-state index contributed by atoms with van der Waals surface area (Å²) in [5, 5.41) is 7.36. The Kier molecular flexibility index (Phi) is 5.91. The van der Waals surface area contributed by atoms with Gasteiger partial charge in [0.05, 0.1) is 16.8 Å². The zero-order valence-electron chi connectivity index (χ0n) is 14.6. The van der Waals surface area contributed by atoms with Gasteiger partial charge in [0.1, 0.15) is 0 Å². The number of hydrogen-bond acceptors (Lipinski definition) is 6. The fourth-order valence-electron chi connectivity index (χ4n) is 2.18. The summed E-state index contributed by atoms with van der Waals surface area (Å²) in [4.78, 5) is 4.71. The van der Waals surface area contributed by atoms with Gasteiger partial charge in [-0.15, -0.1) is 11.3 Å². The number of anilines is 1. The van der Waals surface area contributed by atoms with Crippen molar-refractivity contribution in [2.24, 2.45) is 5.10 Å². The van der Waals surface area contributed by atoms with Gasteiger partial charge >= 0.3 is 0 Å². The predicted octanol–water partition coefficient (Wildman–Crippen LogP) is 4.16. The summed E-state index contributed by atoms with van der Waals surface area (Å²) < 4.78 is 25.4. The number of rotatable bonds is 6. The molecule has 0 aliphatic heterocycles. The summed E-state index contributed by atoms with van der Waals surface area (Å²) in [6.07, 6.45) is 1.68. The Morgan fingerprint density at radius 1 is 1.11 bits per heavy atom. The average Bonchev–Trinajstić information content (AvgIpc) is 3.12. The smallest absolute Gasteiger partial charge is 0.242 e. The zero-order chi connectivity index (χ0) is 19.4. The maximum absolute atomic E-state index is 12.1. The summed E-state index contributed by atoms with van der Waals surface area (Å²) in [7, 11) is -0.424. The first-order chi connectivity index (χ1) is 12.9.